The largest absolute Gasteiger partial charge is 0.381 e. The van der Waals surface area contributed by atoms with Crippen LogP contribution in [0.25, 0.3) is 0 Å². The van der Waals surface area contributed by atoms with Gasteiger partial charge in [-0.1, -0.05) is 12.1 Å². The Morgan fingerprint density at radius 2 is 1.85 bits per heavy atom. The average molecular weight is 277 g/mol. The van der Waals surface area contributed by atoms with Gasteiger partial charge in [0.15, 0.2) is 0 Å². The van der Waals surface area contributed by atoms with Crippen LogP contribution in [-0.2, 0) is 9.53 Å². The zero-order valence-electron chi connectivity index (χ0n) is 11.6. The van der Waals surface area contributed by atoms with E-state index >= 15 is 0 Å². The van der Waals surface area contributed by atoms with Crippen molar-refractivity contribution in [1.82, 2.24) is 4.90 Å². The van der Waals surface area contributed by atoms with E-state index in [0.717, 1.165) is 37.8 Å². The van der Waals surface area contributed by atoms with Crippen LogP contribution in [0.3, 0.4) is 0 Å². The summed E-state index contributed by atoms with van der Waals surface area (Å²) in [5, 5.41) is 0. The zero-order chi connectivity index (χ0) is 13.9. The number of rotatable bonds is 2. The summed E-state index contributed by atoms with van der Waals surface area (Å²) in [6.07, 6.45) is 3.65. The van der Waals surface area contributed by atoms with Crippen molar-refractivity contribution in [3.8, 4) is 0 Å². The van der Waals surface area contributed by atoms with E-state index in [0.29, 0.717) is 13.2 Å². The normalized spacial score (nSPS) is 24.1. The van der Waals surface area contributed by atoms with E-state index in [1.54, 1.807) is 12.1 Å². The highest BCUT2D eigenvalue weighted by Gasteiger charge is 2.34. The SMILES string of the molecule is O=C(C1CCOCC1)N1CCC[C@@H]1c1ccc(F)cc1. The summed E-state index contributed by atoms with van der Waals surface area (Å²) in [7, 11) is 0. The second kappa shape index (κ2) is 5.92. The van der Waals surface area contributed by atoms with E-state index < -0.39 is 0 Å². The minimum Gasteiger partial charge on any atom is -0.381 e. The van der Waals surface area contributed by atoms with E-state index in [-0.39, 0.29) is 23.7 Å². The number of nitrogens with zero attached hydrogens (tertiary/aromatic N) is 1. The molecule has 108 valence electrons. The van der Waals surface area contributed by atoms with Gasteiger partial charge in [0.25, 0.3) is 0 Å². The average Bonchev–Trinajstić information content (AvgIpc) is 2.97. The minimum absolute atomic E-state index is 0.102. The molecular formula is C16H20FNO2. The zero-order valence-corrected chi connectivity index (χ0v) is 11.6. The van der Waals surface area contributed by atoms with Crippen molar-refractivity contribution in [3.63, 3.8) is 0 Å². The van der Waals surface area contributed by atoms with Crippen molar-refractivity contribution in [2.24, 2.45) is 5.92 Å². The lowest BCUT2D eigenvalue weighted by Gasteiger charge is -2.31. The van der Waals surface area contributed by atoms with Crippen LogP contribution in [0.4, 0.5) is 4.39 Å². The monoisotopic (exact) mass is 277 g/mol. The van der Waals surface area contributed by atoms with Crippen LogP contribution in [0.5, 0.6) is 0 Å². The van der Waals surface area contributed by atoms with Crippen LogP contribution >= 0.6 is 0 Å². The van der Waals surface area contributed by atoms with E-state index in [2.05, 4.69) is 0 Å². The molecule has 0 aromatic heterocycles. The fourth-order valence-electron chi connectivity index (χ4n) is 3.24. The van der Waals surface area contributed by atoms with Crippen LogP contribution in [0.15, 0.2) is 24.3 Å². The Labute approximate surface area is 118 Å². The molecule has 2 aliphatic heterocycles. The molecule has 1 atom stereocenters. The molecule has 0 radical (unpaired) electrons. The van der Waals surface area contributed by atoms with Gasteiger partial charge in [-0.25, -0.2) is 4.39 Å². The van der Waals surface area contributed by atoms with E-state index in [9.17, 15) is 9.18 Å². The van der Waals surface area contributed by atoms with Crippen LogP contribution in [-0.4, -0.2) is 30.6 Å². The molecule has 3 nitrogen and oxygen atoms in total. The molecule has 2 fully saturated rings. The first-order valence-corrected chi connectivity index (χ1v) is 7.39. The molecule has 0 N–H and O–H groups in total. The first-order valence-electron chi connectivity index (χ1n) is 7.39. The Hall–Kier alpha value is -1.42. The second-order valence-electron chi connectivity index (χ2n) is 5.63. The van der Waals surface area contributed by atoms with Crippen molar-refractivity contribution < 1.29 is 13.9 Å². The van der Waals surface area contributed by atoms with Gasteiger partial charge < -0.3 is 9.64 Å². The smallest absolute Gasteiger partial charge is 0.226 e. The lowest BCUT2D eigenvalue weighted by atomic mass is 9.97. The summed E-state index contributed by atoms with van der Waals surface area (Å²) in [5.41, 5.74) is 1.05. The Balaban J connectivity index is 1.74. The molecule has 0 unspecified atom stereocenters. The van der Waals surface area contributed by atoms with E-state index in [1.807, 2.05) is 4.90 Å². The number of amides is 1. The number of ether oxygens (including phenoxy) is 1. The maximum absolute atomic E-state index is 13.0. The second-order valence-corrected chi connectivity index (χ2v) is 5.63. The number of hydrogen-bond acceptors (Lipinski definition) is 2. The van der Waals surface area contributed by atoms with Crippen LogP contribution in [0, 0.1) is 11.7 Å². The molecule has 1 aromatic rings. The van der Waals surface area contributed by atoms with Crippen molar-refractivity contribution in [1.29, 1.82) is 0 Å². The topological polar surface area (TPSA) is 29.5 Å². The quantitative estimate of drug-likeness (QED) is 0.832. The predicted octanol–water partition coefficient (Wildman–Crippen LogP) is 2.92. The minimum atomic E-state index is -0.228. The van der Waals surface area contributed by atoms with Crippen LogP contribution in [0.2, 0.25) is 0 Å². The third-order valence-electron chi connectivity index (χ3n) is 4.36. The molecule has 4 heteroatoms. The maximum Gasteiger partial charge on any atom is 0.226 e. The van der Waals surface area contributed by atoms with Gasteiger partial charge in [-0.15, -0.1) is 0 Å². The lowest BCUT2D eigenvalue weighted by Crippen LogP contribution is -2.38. The molecule has 2 heterocycles. The fraction of sp³-hybridized carbons (Fsp3) is 0.562. The Bertz CT molecular complexity index is 468. The molecule has 1 aromatic carbocycles. The summed E-state index contributed by atoms with van der Waals surface area (Å²) < 4.78 is 18.4. The van der Waals surface area contributed by atoms with Gasteiger partial charge >= 0.3 is 0 Å². The molecule has 2 aliphatic rings. The summed E-state index contributed by atoms with van der Waals surface area (Å²) in [5.74, 6) is 0.124. The number of carbonyl (C=O) groups is 1. The first kappa shape index (κ1) is 13.6. The Morgan fingerprint density at radius 1 is 1.15 bits per heavy atom. The number of carbonyl (C=O) groups excluding carboxylic acids is 1. The molecule has 2 saturated heterocycles. The molecule has 20 heavy (non-hydrogen) atoms. The lowest BCUT2D eigenvalue weighted by molar-refractivity contribution is -0.139. The van der Waals surface area contributed by atoms with Gasteiger partial charge in [0, 0.05) is 25.7 Å². The number of benzene rings is 1. The molecule has 0 saturated carbocycles. The van der Waals surface area contributed by atoms with Gasteiger partial charge in [-0.2, -0.15) is 0 Å². The predicted molar refractivity (Wildman–Crippen MR) is 73.6 cm³/mol. The van der Waals surface area contributed by atoms with Crippen molar-refractivity contribution in [3.05, 3.63) is 35.6 Å². The van der Waals surface area contributed by atoms with Crippen molar-refractivity contribution >= 4 is 5.91 Å². The molecule has 3 rings (SSSR count). The van der Waals surface area contributed by atoms with Crippen LogP contribution < -0.4 is 0 Å². The fourth-order valence-corrected chi connectivity index (χ4v) is 3.24. The van der Waals surface area contributed by atoms with Gasteiger partial charge in [-0.3, -0.25) is 4.79 Å². The highest BCUT2D eigenvalue weighted by Crippen LogP contribution is 2.34. The summed E-state index contributed by atoms with van der Waals surface area (Å²) in [6.45, 7) is 2.19. The van der Waals surface area contributed by atoms with Gasteiger partial charge in [0.2, 0.25) is 5.91 Å². The highest BCUT2D eigenvalue weighted by molar-refractivity contribution is 5.79. The third kappa shape index (κ3) is 2.70. The standard InChI is InChI=1S/C16H20FNO2/c17-14-5-3-12(4-6-14)15-2-1-9-18(15)16(19)13-7-10-20-11-8-13/h3-6,13,15H,1-2,7-11H2/t15-/m1/s1. The van der Waals surface area contributed by atoms with Crippen molar-refractivity contribution in [2.75, 3.05) is 19.8 Å². The van der Waals surface area contributed by atoms with Crippen molar-refractivity contribution in [2.45, 2.75) is 31.7 Å². The highest BCUT2D eigenvalue weighted by atomic mass is 19.1. The van der Waals surface area contributed by atoms with E-state index in [1.165, 1.54) is 12.1 Å². The molecule has 0 bridgehead atoms. The summed E-state index contributed by atoms with van der Waals surface area (Å²) >= 11 is 0. The molecule has 1 amide bonds. The van der Waals surface area contributed by atoms with Gasteiger partial charge in [-0.05, 0) is 43.4 Å². The maximum atomic E-state index is 13.0. The van der Waals surface area contributed by atoms with Gasteiger partial charge in [0.05, 0.1) is 6.04 Å². The summed E-state index contributed by atoms with van der Waals surface area (Å²) in [4.78, 5) is 14.6. The Morgan fingerprint density at radius 3 is 2.55 bits per heavy atom. The number of halogens is 1. The van der Waals surface area contributed by atoms with E-state index in [4.69, 9.17) is 4.74 Å². The summed E-state index contributed by atoms with van der Waals surface area (Å²) in [6, 6.07) is 6.67. The third-order valence-corrected chi connectivity index (χ3v) is 4.36. The molecule has 0 aliphatic carbocycles. The first-order chi connectivity index (χ1) is 9.75. The number of likely N-dealkylation sites (tertiary alicyclic amines) is 1. The number of hydrogen-bond donors (Lipinski definition) is 0. The van der Waals surface area contributed by atoms with Gasteiger partial charge in [0.1, 0.15) is 5.82 Å². The Kier molecular flexibility index (Phi) is 4.01. The van der Waals surface area contributed by atoms with Crippen LogP contribution in [0.1, 0.15) is 37.3 Å². The molecule has 0 spiro atoms. The molecular weight excluding hydrogens is 257 g/mol.